The second kappa shape index (κ2) is 17.1. The lowest BCUT2D eigenvalue weighted by atomic mass is 10.1. The van der Waals surface area contributed by atoms with Gasteiger partial charge in [-0.1, -0.05) is 0 Å². The Morgan fingerprint density at radius 2 is 0.381 bits per heavy atom. The van der Waals surface area contributed by atoms with E-state index in [1.807, 2.05) is 0 Å². The van der Waals surface area contributed by atoms with Crippen molar-refractivity contribution in [2.45, 2.75) is 53.7 Å². The lowest BCUT2D eigenvalue weighted by Crippen LogP contribution is -2.33. The molecule has 4 aromatic carbocycles. The molecule has 0 radical (unpaired) electrons. The van der Waals surface area contributed by atoms with E-state index in [9.17, 15) is 105 Å². The molecule has 0 aliphatic heterocycles. The van der Waals surface area contributed by atoms with Crippen LogP contribution in [0.5, 0.6) is 0 Å². The first-order valence-corrected chi connectivity index (χ1v) is 19.9. The van der Waals surface area contributed by atoms with Gasteiger partial charge in [0.2, 0.25) is 0 Å². The highest BCUT2D eigenvalue weighted by Gasteiger charge is 2.45. The Morgan fingerprint density at radius 1 is 0.254 bits per heavy atom. The van der Waals surface area contributed by atoms with E-state index in [0.717, 1.165) is 0 Å². The molecule has 0 atom stereocenters. The van der Waals surface area contributed by atoms with Crippen molar-refractivity contribution in [2.24, 2.45) is 0 Å². The Kier molecular flexibility index (Phi) is 14.2. The van der Waals surface area contributed by atoms with Crippen LogP contribution in [0.3, 0.4) is 0 Å². The molecule has 0 bridgehead atoms. The fraction of sp³-hybridized carbons (Fsp3) is 0.314. The zero-order valence-electron chi connectivity index (χ0n) is 29.6. The van der Waals surface area contributed by atoms with Crippen LogP contribution in [-0.2, 0) is 49.4 Å². The molecule has 0 aliphatic carbocycles. The Hall–Kier alpha value is -3.36. The van der Waals surface area contributed by atoms with Crippen molar-refractivity contribution >= 4 is 60.3 Å². The minimum Gasteiger partial charge on any atom is -0.166 e. The second-order valence-electron chi connectivity index (χ2n) is 13.1. The van der Waals surface area contributed by atoms with Gasteiger partial charge in [-0.3, -0.25) is 0 Å². The van der Waals surface area contributed by atoms with Gasteiger partial charge in [0.05, 0.1) is 44.5 Å². The zero-order chi connectivity index (χ0) is 48.5. The summed E-state index contributed by atoms with van der Waals surface area (Å²) in [4.78, 5) is 0. The third-order valence-corrected chi connectivity index (χ3v) is 14.8. The van der Waals surface area contributed by atoms with Crippen molar-refractivity contribution in [3.63, 3.8) is 0 Å². The average Bonchev–Trinajstić information content (AvgIpc) is 3.09. The summed E-state index contributed by atoms with van der Waals surface area (Å²) < 4.78 is 332. The molecule has 28 heteroatoms. The van der Waals surface area contributed by atoms with Gasteiger partial charge >= 0.3 is 49.4 Å². The maximum absolute atomic E-state index is 14.0. The first-order valence-electron chi connectivity index (χ1n) is 16.1. The molecular formula is C35H16Cl2F24P2. The number of benzene rings is 4. The molecule has 0 fully saturated rings. The summed E-state index contributed by atoms with van der Waals surface area (Å²) in [6.45, 7) is 0. The third-order valence-electron chi connectivity index (χ3n) is 8.32. The summed E-state index contributed by atoms with van der Waals surface area (Å²) in [5, 5.41) is -5.64. The van der Waals surface area contributed by atoms with E-state index in [1.165, 1.54) is 0 Å². The van der Waals surface area contributed by atoms with Crippen molar-refractivity contribution < 1.29 is 105 Å². The molecule has 0 aliphatic rings. The summed E-state index contributed by atoms with van der Waals surface area (Å²) >= 11 is 12.8. The van der Waals surface area contributed by atoms with Crippen molar-refractivity contribution in [3.05, 3.63) is 117 Å². The van der Waals surface area contributed by atoms with Crippen LogP contribution >= 0.6 is 39.0 Å². The Labute approximate surface area is 348 Å². The van der Waals surface area contributed by atoms with Crippen LogP contribution in [0.4, 0.5) is 105 Å². The highest BCUT2D eigenvalue weighted by molar-refractivity contribution is 7.74. The van der Waals surface area contributed by atoms with Gasteiger partial charge in [0.15, 0.2) is 0 Å². The average molecular weight is 1030 g/mol. The van der Waals surface area contributed by atoms with Gasteiger partial charge in [0.25, 0.3) is 0 Å². The van der Waals surface area contributed by atoms with E-state index >= 15 is 0 Å². The normalized spacial score (nSPS) is 14.3. The van der Waals surface area contributed by atoms with Crippen LogP contribution in [0.2, 0.25) is 0 Å². The maximum Gasteiger partial charge on any atom is 0.416 e. The van der Waals surface area contributed by atoms with E-state index < -0.39 is 172 Å². The summed E-state index contributed by atoms with van der Waals surface area (Å²) in [6, 6.07) is -3.64. The van der Waals surface area contributed by atoms with Gasteiger partial charge in [-0.05, 0) is 110 Å². The van der Waals surface area contributed by atoms with Gasteiger partial charge in [0, 0.05) is 12.3 Å². The summed E-state index contributed by atoms with van der Waals surface area (Å²) in [5.41, 5.74) is -17.8. The highest BCUT2D eigenvalue weighted by atomic mass is 35.5. The topological polar surface area (TPSA) is 0 Å². The molecule has 4 rings (SSSR count). The Morgan fingerprint density at radius 3 is 0.492 bits per heavy atom. The predicted octanol–water partition coefficient (Wildman–Crippen LogP) is 14.6. The smallest absolute Gasteiger partial charge is 0.166 e. The lowest BCUT2D eigenvalue weighted by molar-refractivity contribution is -0.144. The van der Waals surface area contributed by atoms with E-state index in [4.69, 9.17) is 23.2 Å². The van der Waals surface area contributed by atoms with Crippen LogP contribution in [0, 0.1) is 0 Å². The van der Waals surface area contributed by atoms with E-state index in [-0.39, 0.29) is 48.5 Å². The molecule has 0 amide bonds. The number of rotatable bonds is 8. The van der Waals surface area contributed by atoms with Crippen LogP contribution in [0.1, 0.15) is 44.5 Å². The molecule has 4 aromatic rings. The summed E-state index contributed by atoms with van der Waals surface area (Å²) in [6.07, 6.45) is -49.5. The fourth-order valence-electron chi connectivity index (χ4n) is 5.55. The van der Waals surface area contributed by atoms with Crippen molar-refractivity contribution in [1.29, 1.82) is 0 Å². The van der Waals surface area contributed by atoms with E-state index in [2.05, 4.69) is 0 Å². The minimum absolute atomic E-state index is 0.189. The van der Waals surface area contributed by atoms with Crippen LogP contribution in [-0.4, -0.2) is 16.7 Å². The Bertz CT molecular complexity index is 1850. The Balaban J connectivity index is 2.14. The predicted molar refractivity (Wildman–Crippen MR) is 182 cm³/mol. The van der Waals surface area contributed by atoms with Gasteiger partial charge in [-0.2, -0.15) is 105 Å². The lowest BCUT2D eigenvalue weighted by Gasteiger charge is -2.32. The molecule has 0 saturated carbocycles. The standard InChI is InChI=1S/C35H16Cl2F24P2/c36-27(37,13-62(23-5-15(28(38,39)40)1-16(6-23)29(41,42)43)24-7-17(30(44,45)46)2-18(8-24)31(47,48)49)14-63(25-9-19(32(50,51)52)3-20(10-25)33(53,54)55)26-11-21(34(56,57)58)4-22(12-26)35(59,60)61/h1-12H,13-14H2. The van der Waals surface area contributed by atoms with Crippen molar-refractivity contribution in [1.82, 2.24) is 0 Å². The van der Waals surface area contributed by atoms with Gasteiger partial charge in [0.1, 0.15) is 4.33 Å². The molecule has 0 nitrogen and oxygen atoms in total. The molecule has 63 heavy (non-hydrogen) atoms. The number of hydrogen-bond donors (Lipinski definition) is 0. The molecule has 0 saturated heterocycles. The van der Waals surface area contributed by atoms with Gasteiger partial charge in [-0.15, -0.1) is 23.2 Å². The molecule has 348 valence electrons. The number of alkyl halides is 26. The molecular weight excluding hydrogens is 1010 g/mol. The molecule has 0 aromatic heterocycles. The van der Waals surface area contributed by atoms with Crippen LogP contribution in [0.25, 0.3) is 0 Å². The molecule has 0 spiro atoms. The van der Waals surface area contributed by atoms with E-state index in [1.54, 1.807) is 0 Å². The largest absolute Gasteiger partial charge is 0.416 e. The molecule has 0 heterocycles. The van der Waals surface area contributed by atoms with E-state index in [0.29, 0.717) is 0 Å². The highest BCUT2D eigenvalue weighted by Crippen LogP contribution is 2.52. The molecule has 0 N–H and O–H groups in total. The fourth-order valence-corrected chi connectivity index (χ4v) is 12.0. The summed E-state index contributed by atoms with van der Waals surface area (Å²) in [7, 11) is -7.47. The summed E-state index contributed by atoms with van der Waals surface area (Å²) in [5.74, 6) is 0. The van der Waals surface area contributed by atoms with Crippen LogP contribution < -0.4 is 21.2 Å². The SMILES string of the molecule is FC(F)(F)c1cc(P(CC(Cl)(Cl)CP(c2cc(C(F)(F)F)cc(C(F)(F)F)c2)c2cc(C(F)(F)F)cc(C(F)(F)F)c2)c2cc(C(F)(F)F)cc(C(F)(F)F)c2)cc(C(F)(F)F)c1. The molecule has 0 unspecified atom stereocenters. The van der Waals surface area contributed by atoms with Gasteiger partial charge in [-0.25, -0.2) is 0 Å². The quantitative estimate of drug-likeness (QED) is 0.0937. The first kappa shape index (κ1) is 52.3. The van der Waals surface area contributed by atoms with Crippen LogP contribution in [0.15, 0.2) is 72.8 Å². The zero-order valence-corrected chi connectivity index (χ0v) is 32.9. The monoisotopic (exact) mass is 1020 g/mol. The second-order valence-corrected chi connectivity index (χ2v) is 19.1. The first-order chi connectivity index (χ1) is 28.0. The maximum atomic E-state index is 14.0. The third kappa shape index (κ3) is 13.4. The number of halogens is 26. The van der Waals surface area contributed by atoms with Crippen molar-refractivity contribution in [2.75, 3.05) is 12.3 Å². The van der Waals surface area contributed by atoms with Gasteiger partial charge < -0.3 is 0 Å². The number of hydrogen-bond acceptors (Lipinski definition) is 0. The minimum atomic E-state index is -5.76. The van der Waals surface area contributed by atoms with Crippen molar-refractivity contribution in [3.8, 4) is 0 Å².